The van der Waals surface area contributed by atoms with Crippen LogP contribution in [0.25, 0.3) is 0 Å². The van der Waals surface area contributed by atoms with Crippen molar-refractivity contribution in [3.05, 3.63) is 30.1 Å². The summed E-state index contributed by atoms with van der Waals surface area (Å²) in [5.74, 6) is 0. The van der Waals surface area contributed by atoms with Crippen molar-refractivity contribution in [1.82, 2.24) is 4.98 Å². The van der Waals surface area contributed by atoms with E-state index in [1.165, 1.54) is 0 Å². The Hall–Kier alpha value is -0.930. The average molecular weight is 194 g/mol. The zero-order valence-electron chi connectivity index (χ0n) is 9.03. The van der Waals surface area contributed by atoms with Gasteiger partial charge in [0.15, 0.2) is 0 Å². The Morgan fingerprint density at radius 1 is 1.43 bits per heavy atom. The van der Waals surface area contributed by atoms with Crippen molar-refractivity contribution in [1.29, 1.82) is 0 Å². The van der Waals surface area contributed by atoms with Crippen molar-refractivity contribution in [3.63, 3.8) is 0 Å². The number of aromatic nitrogens is 1. The van der Waals surface area contributed by atoms with Gasteiger partial charge in [-0.15, -0.1) is 0 Å². The van der Waals surface area contributed by atoms with Gasteiger partial charge >= 0.3 is 0 Å². The Morgan fingerprint density at radius 2 is 2.14 bits per heavy atom. The van der Waals surface area contributed by atoms with Crippen molar-refractivity contribution in [2.45, 2.75) is 32.5 Å². The van der Waals surface area contributed by atoms with Crippen molar-refractivity contribution in [3.8, 4) is 0 Å². The summed E-state index contributed by atoms with van der Waals surface area (Å²) in [7, 11) is 0. The zero-order valence-corrected chi connectivity index (χ0v) is 9.03. The molecule has 1 atom stereocenters. The lowest BCUT2D eigenvalue weighted by atomic mass is 10.1. The highest BCUT2D eigenvalue weighted by Crippen LogP contribution is 2.20. The highest BCUT2D eigenvalue weighted by Gasteiger charge is 2.19. The predicted octanol–water partition coefficient (Wildman–Crippen LogP) is 1.90. The van der Waals surface area contributed by atoms with E-state index in [9.17, 15) is 0 Å². The van der Waals surface area contributed by atoms with E-state index in [1.54, 1.807) is 6.20 Å². The van der Waals surface area contributed by atoms with Gasteiger partial charge in [-0.3, -0.25) is 4.98 Å². The topological polar surface area (TPSA) is 48.1 Å². The summed E-state index contributed by atoms with van der Waals surface area (Å²) in [5.41, 5.74) is 6.35. The molecule has 0 aliphatic heterocycles. The molecule has 0 aromatic carbocycles. The fourth-order valence-corrected chi connectivity index (χ4v) is 1.22. The Bertz CT molecular complexity index is 266. The van der Waals surface area contributed by atoms with Crippen molar-refractivity contribution in [2.24, 2.45) is 5.73 Å². The maximum absolute atomic E-state index is 5.79. The molecule has 0 bridgehead atoms. The first-order valence-corrected chi connectivity index (χ1v) is 4.82. The summed E-state index contributed by atoms with van der Waals surface area (Å²) in [5, 5.41) is 0. The molecule has 0 amide bonds. The van der Waals surface area contributed by atoms with E-state index in [0.717, 1.165) is 5.69 Å². The summed E-state index contributed by atoms with van der Waals surface area (Å²) in [6.45, 7) is 6.49. The first-order chi connectivity index (χ1) is 6.53. The number of nitrogens with zero attached hydrogens (tertiary/aromatic N) is 1. The van der Waals surface area contributed by atoms with Crippen LogP contribution < -0.4 is 5.73 Å². The zero-order chi connectivity index (χ0) is 10.6. The lowest BCUT2D eigenvalue weighted by Crippen LogP contribution is -2.27. The third kappa shape index (κ3) is 3.44. The summed E-state index contributed by atoms with van der Waals surface area (Å²) < 4.78 is 5.79. The molecule has 1 heterocycles. The molecule has 2 N–H and O–H groups in total. The SMILES string of the molecule is CC(C)(C)OC(CN)c1ccccn1. The Balaban J connectivity index is 2.73. The minimum Gasteiger partial charge on any atom is -0.365 e. The number of hydrogen-bond acceptors (Lipinski definition) is 3. The van der Waals surface area contributed by atoms with Crippen LogP contribution >= 0.6 is 0 Å². The number of rotatable bonds is 3. The van der Waals surface area contributed by atoms with Crippen LogP contribution in [0.1, 0.15) is 32.6 Å². The first kappa shape index (κ1) is 11.1. The molecule has 1 rings (SSSR count). The Morgan fingerprint density at radius 3 is 2.57 bits per heavy atom. The molecule has 3 nitrogen and oxygen atoms in total. The van der Waals surface area contributed by atoms with Crippen LogP contribution in [-0.4, -0.2) is 17.1 Å². The fourth-order valence-electron chi connectivity index (χ4n) is 1.22. The second-order valence-corrected chi connectivity index (χ2v) is 4.21. The molecular weight excluding hydrogens is 176 g/mol. The predicted molar refractivity (Wildman–Crippen MR) is 56.9 cm³/mol. The van der Waals surface area contributed by atoms with Crippen LogP contribution in [0.5, 0.6) is 0 Å². The van der Waals surface area contributed by atoms with Crippen LogP contribution in [0.3, 0.4) is 0 Å². The van der Waals surface area contributed by atoms with Gasteiger partial charge in [0.2, 0.25) is 0 Å². The van der Waals surface area contributed by atoms with Crippen LogP contribution in [-0.2, 0) is 4.74 Å². The molecule has 0 aliphatic rings. The molecule has 0 aliphatic carbocycles. The van der Waals surface area contributed by atoms with Gasteiger partial charge in [0.05, 0.1) is 11.3 Å². The largest absolute Gasteiger partial charge is 0.365 e. The summed E-state index contributed by atoms with van der Waals surface area (Å²) in [6.07, 6.45) is 1.64. The number of hydrogen-bond donors (Lipinski definition) is 1. The molecule has 1 unspecified atom stereocenters. The molecule has 0 saturated carbocycles. The van der Waals surface area contributed by atoms with E-state index in [-0.39, 0.29) is 11.7 Å². The molecule has 1 aromatic rings. The molecule has 0 spiro atoms. The van der Waals surface area contributed by atoms with Crippen LogP contribution in [0.4, 0.5) is 0 Å². The third-order valence-electron chi connectivity index (χ3n) is 1.73. The van der Waals surface area contributed by atoms with Crippen LogP contribution in [0, 0.1) is 0 Å². The molecule has 78 valence electrons. The fraction of sp³-hybridized carbons (Fsp3) is 0.545. The van der Waals surface area contributed by atoms with Crippen LogP contribution in [0.15, 0.2) is 24.4 Å². The highest BCUT2D eigenvalue weighted by atomic mass is 16.5. The maximum Gasteiger partial charge on any atom is 0.112 e. The van der Waals surface area contributed by atoms with E-state index < -0.39 is 0 Å². The van der Waals surface area contributed by atoms with Gasteiger partial charge in [0.25, 0.3) is 0 Å². The smallest absolute Gasteiger partial charge is 0.112 e. The van der Waals surface area contributed by atoms with Gasteiger partial charge < -0.3 is 10.5 Å². The molecule has 0 saturated heterocycles. The van der Waals surface area contributed by atoms with E-state index >= 15 is 0 Å². The number of pyridine rings is 1. The highest BCUT2D eigenvalue weighted by molar-refractivity contribution is 5.07. The van der Waals surface area contributed by atoms with E-state index in [4.69, 9.17) is 10.5 Å². The second-order valence-electron chi connectivity index (χ2n) is 4.21. The average Bonchev–Trinajstić information content (AvgIpc) is 2.14. The maximum atomic E-state index is 5.79. The summed E-state index contributed by atoms with van der Waals surface area (Å²) in [6, 6.07) is 5.76. The number of ether oxygens (including phenoxy) is 1. The molecule has 0 radical (unpaired) electrons. The number of nitrogens with two attached hydrogens (primary N) is 1. The lowest BCUT2D eigenvalue weighted by molar-refractivity contribution is -0.0590. The van der Waals surface area contributed by atoms with Gasteiger partial charge in [-0.05, 0) is 32.9 Å². The van der Waals surface area contributed by atoms with Gasteiger partial charge in [-0.25, -0.2) is 0 Å². The lowest BCUT2D eigenvalue weighted by Gasteiger charge is -2.26. The van der Waals surface area contributed by atoms with E-state index in [1.807, 2.05) is 39.0 Å². The van der Waals surface area contributed by atoms with Gasteiger partial charge in [-0.2, -0.15) is 0 Å². The van der Waals surface area contributed by atoms with Gasteiger partial charge in [0, 0.05) is 12.7 Å². The standard InChI is InChI=1S/C11H18N2O/c1-11(2,3)14-10(8-12)9-6-4-5-7-13-9/h4-7,10H,8,12H2,1-3H3. The molecule has 14 heavy (non-hydrogen) atoms. The van der Waals surface area contributed by atoms with E-state index in [0.29, 0.717) is 6.54 Å². The van der Waals surface area contributed by atoms with Gasteiger partial charge in [-0.1, -0.05) is 6.07 Å². The van der Waals surface area contributed by atoms with E-state index in [2.05, 4.69) is 4.98 Å². The molecule has 0 fully saturated rings. The molecule has 3 heteroatoms. The summed E-state index contributed by atoms with van der Waals surface area (Å²) in [4.78, 5) is 4.23. The van der Waals surface area contributed by atoms with Gasteiger partial charge in [0.1, 0.15) is 6.10 Å². The van der Waals surface area contributed by atoms with Crippen LogP contribution in [0.2, 0.25) is 0 Å². The minimum atomic E-state index is -0.193. The summed E-state index contributed by atoms with van der Waals surface area (Å²) >= 11 is 0. The Kier molecular flexibility index (Phi) is 3.61. The monoisotopic (exact) mass is 194 g/mol. The Labute approximate surface area is 85.3 Å². The van der Waals surface area contributed by atoms with Crippen molar-refractivity contribution < 1.29 is 4.74 Å². The molecular formula is C11H18N2O. The second kappa shape index (κ2) is 4.53. The van der Waals surface area contributed by atoms with Crippen molar-refractivity contribution >= 4 is 0 Å². The first-order valence-electron chi connectivity index (χ1n) is 4.82. The molecule has 1 aromatic heterocycles. The quantitative estimate of drug-likeness (QED) is 0.799. The third-order valence-corrected chi connectivity index (χ3v) is 1.73. The minimum absolute atomic E-state index is 0.115. The van der Waals surface area contributed by atoms with Crippen molar-refractivity contribution in [2.75, 3.05) is 6.54 Å². The normalized spacial score (nSPS) is 14.0.